The molecule has 0 spiro atoms. The monoisotopic (exact) mass is 432 g/mol. The van der Waals surface area contributed by atoms with Crippen molar-refractivity contribution in [2.75, 3.05) is 0 Å². The Labute approximate surface area is 112 Å². The van der Waals surface area contributed by atoms with E-state index in [0.717, 1.165) is 5.14 Å². The van der Waals surface area contributed by atoms with Crippen LogP contribution < -0.4 is 0 Å². The fraction of sp³-hybridized carbons (Fsp3) is 1.00. The molecule has 0 bridgehead atoms. The minimum absolute atomic E-state index is 0.0207. The van der Waals surface area contributed by atoms with E-state index >= 15 is 0 Å². The van der Waals surface area contributed by atoms with Gasteiger partial charge in [0.2, 0.25) is 0 Å². The minimum atomic E-state index is 0.0207. The summed E-state index contributed by atoms with van der Waals surface area (Å²) in [7, 11) is 24.4. The Hall–Kier alpha value is 5.59. The second-order valence-corrected chi connectivity index (χ2v) is 41.5. The topological polar surface area (TPSA) is 0 Å². The molecule has 0 aliphatic rings. The lowest BCUT2D eigenvalue weighted by molar-refractivity contribution is 2.06. The quantitative estimate of drug-likeness (QED) is 0.418. The maximum absolute atomic E-state index is 3.03. The molecule has 0 aromatic carbocycles. The van der Waals surface area contributed by atoms with Crippen molar-refractivity contribution in [3.8, 4) is 0 Å². The molecule has 0 N–H and O–H groups in total. The molecular formula is CH17P13. The van der Waals surface area contributed by atoms with Crippen molar-refractivity contribution >= 4 is 107 Å². The van der Waals surface area contributed by atoms with Gasteiger partial charge in [-0.1, -0.05) is 14.6 Å². The van der Waals surface area contributed by atoms with E-state index in [4.69, 9.17) is 0 Å². The van der Waals surface area contributed by atoms with Crippen LogP contribution >= 0.6 is 107 Å². The molecule has 0 fully saturated rings. The molecule has 0 aliphatic carbocycles. The summed E-state index contributed by atoms with van der Waals surface area (Å²) in [5.74, 6) is 0. The normalized spacial score (nSPS) is 13.3. The zero-order valence-electron chi connectivity index (χ0n) is 7.43. The molecule has 0 heterocycles. The Morgan fingerprint density at radius 2 is 0.857 bits per heavy atom. The second-order valence-electron chi connectivity index (χ2n) is 2.32. The molecule has 0 saturated carbocycles. The van der Waals surface area contributed by atoms with Gasteiger partial charge in [0.05, 0.1) is 0 Å². The highest BCUT2D eigenvalue weighted by atomic mass is 33.0. The third kappa shape index (κ3) is 7.39. The summed E-state index contributed by atoms with van der Waals surface area (Å²) in [5.41, 5.74) is 0. The summed E-state index contributed by atoms with van der Waals surface area (Å²) in [4.78, 5) is 0. The molecule has 0 aromatic rings. The molecule has 0 saturated heterocycles. The van der Waals surface area contributed by atoms with E-state index in [2.05, 4.69) is 71.4 Å². The predicted molar refractivity (Wildman–Crippen MR) is 116 cm³/mol. The van der Waals surface area contributed by atoms with Crippen LogP contribution in [0.15, 0.2) is 0 Å². The fourth-order valence-electron chi connectivity index (χ4n) is 0.750. The molecule has 0 radical (unpaired) electrons. The van der Waals surface area contributed by atoms with Crippen LogP contribution in [0.3, 0.4) is 0 Å². The summed E-state index contributed by atoms with van der Waals surface area (Å²) in [6.45, 7) is 0.113. The van der Waals surface area contributed by atoms with Crippen LogP contribution in [0.5, 0.6) is 0 Å². The Balaban J connectivity index is 4.74. The largest absolute Gasteiger partial charge is 0.106 e. The molecule has 14 heavy (non-hydrogen) atoms. The van der Waals surface area contributed by atoms with Crippen LogP contribution in [0.2, 0.25) is 0 Å². The first kappa shape index (κ1) is 19.6. The van der Waals surface area contributed by atoms with Gasteiger partial charge >= 0.3 is 0 Å². The maximum Gasteiger partial charge on any atom is 0.0419 e. The SMILES string of the molecule is PP(P)C(P(P)P)P(P(P)P)P(P)P. The van der Waals surface area contributed by atoms with Gasteiger partial charge in [0.25, 0.3) is 0 Å². The number of hydrogen-bond acceptors (Lipinski definition) is 0. The minimum Gasteiger partial charge on any atom is -0.106 e. The van der Waals surface area contributed by atoms with Gasteiger partial charge in [-0.2, -0.15) is 0 Å². The van der Waals surface area contributed by atoms with Gasteiger partial charge in [-0.25, -0.2) is 0 Å². The van der Waals surface area contributed by atoms with Gasteiger partial charge in [0.1, 0.15) is 0 Å². The summed E-state index contributed by atoms with van der Waals surface area (Å²) in [5, 5.41) is 0.891. The first-order chi connectivity index (χ1) is 6.29. The van der Waals surface area contributed by atoms with Crippen molar-refractivity contribution in [1.82, 2.24) is 0 Å². The molecule has 13 heteroatoms. The van der Waals surface area contributed by atoms with Crippen LogP contribution in [0.1, 0.15) is 0 Å². The van der Waals surface area contributed by atoms with Crippen LogP contribution in [0.25, 0.3) is 0 Å². The summed E-state index contributed by atoms with van der Waals surface area (Å²) in [6.07, 6.45) is 0. The average Bonchev–Trinajstić information content (AvgIpc) is 1.96. The molecule has 0 amide bonds. The molecule has 86 valence electrons. The Kier molecular flexibility index (Phi) is 14.5. The van der Waals surface area contributed by atoms with Crippen molar-refractivity contribution in [1.29, 1.82) is 0 Å². The first-order valence-electron chi connectivity index (χ1n) is 3.24. The third-order valence-electron chi connectivity index (χ3n) is 1.21. The Morgan fingerprint density at radius 3 is 0.929 bits per heavy atom. The lowest BCUT2D eigenvalue weighted by atomic mass is 11.9. The molecular weight excluding hydrogens is 415 g/mol. The Bertz CT molecular complexity index is 113. The van der Waals surface area contributed by atoms with E-state index in [1.54, 1.807) is 0 Å². The maximum atomic E-state index is 3.03. The highest BCUT2D eigenvalue weighted by molar-refractivity contribution is 8.99. The van der Waals surface area contributed by atoms with Crippen molar-refractivity contribution in [3.05, 3.63) is 0 Å². The lowest BCUT2D eigenvalue weighted by Gasteiger charge is -2.37. The predicted octanol–water partition coefficient (Wildman–Crippen LogP) is 6.83. The smallest absolute Gasteiger partial charge is 0.0419 e. The van der Waals surface area contributed by atoms with E-state index in [-0.39, 0.29) is 35.9 Å². The van der Waals surface area contributed by atoms with Crippen LogP contribution in [0, 0.1) is 0 Å². The van der Waals surface area contributed by atoms with Gasteiger partial charge in [0, 0.05) is 5.14 Å². The van der Waals surface area contributed by atoms with Crippen molar-refractivity contribution in [2.24, 2.45) is 0 Å². The first-order valence-corrected chi connectivity index (χ1v) is 24.5. The van der Waals surface area contributed by atoms with Crippen molar-refractivity contribution in [3.63, 3.8) is 0 Å². The standard InChI is InChI=1S/CH17P13/c2-10(3)1(11(4)5)12(13(6)7)14(8)9/h1H,2-9H2. The van der Waals surface area contributed by atoms with Gasteiger partial charge in [-0.05, 0) is 21.3 Å². The van der Waals surface area contributed by atoms with Crippen LogP contribution in [0.4, 0.5) is 0 Å². The van der Waals surface area contributed by atoms with E-state index in [9.17, 15) is 0 Å². The fourth-order valence-corrected chi connectivity index (χ4v) is 80.1. The number of hydrogen-bond donors (Lipinski definition) is 0. The van der Waals surface area contributed by atoms with Crippen LogP contribution in [-0.4, -0.2) is 5.14 Å². The molecule has 0 aromatic heterocycles. The highest BCUT2D eigenvalue weighted by Crippen LogP contribution is 3.05. The van der Waals surface area contributed by atoms with Gasteiger partial charge in [0.15, 0.2) is 0 Å². The molecule has 8 atom stereocenters. The molecule has 0 rings (SSSR count). The highest BCUT2D eigenvalue weighted by Gasteiger charge is 2.32. The Morgan fingerprint density at radius 1 is 0.571 bits per heavy atom. The van der Waals surface area contributed by atoms with E-state index in [0.29, 0.717) is 0 Å². The van der Waals surface area contributed by atoms with Gasteiger partial charge in [-0.3, -0.25) is 0 Å². The average molecular weight is 432 g/mol. The van der Waals surface area contributed by atoms with E-state index in [1.807, 2.05) is 0 Å². The molecule has 0 aliphatic heterocycles. The zero-order valence-corrected chi connectivity index (χ0v) is 21.1. The van der Waals surface area contributed by atoms with E-state index in [1.165, 1.54) is 0 Å². The zero-order chi connectivity index (χ0) is 11.5. The van der Waals surface area contributed by atoms with E-state index < -0.39 is 0 Å². The van der Waals surface area contributed by atoms with Gasteiger partial charge in [-0.15, -0.1) is 71.4 Å². The number of rotatable bonds is 5. The second kappa shape index (κ2) is 10.3. The third-order valence-corrected chi connectivity index (χ3v) is 43.9. The van der Waals surface area contributed by atoms with Crippen molar-refractivity contribution < 1.29 is 0 Å². The molecule has 8 unspecified atom stereocenters. The summed E-state index contributed by atoms with van der Waals surface area (Å²) >= 11 is 0. The summed E-state index contributed by atoms with van der Waals surface area (Å²) < 4.78 is 0. The van der Waals surface area contributed by atoms with Crippen molar-refractivity contribution in [2.45, 2.75) is 5.14 Å². The van der Waals surface area contributed by atoms with Crippen LogP contribution in [-0.2, 0) is 0 Å². The van der Waals surface area contributed by atoms with Gasteiger partial charge < -0.3 is 0 Å². The summed E-state index contributed by atoms with van der Waals surface area (Å²) in [6, 6.07) is 0. The molecule has 0 nitrogen and oxygen atoms in total. The lowest BCUT2D eigenvalue weighted by Crippen LogP contribution is -1.83.